The third-order valence-corrected chi connectivity index (χ3v) is 20.7. The van der Waals surface area contributed by atoms with Crippen molar-refractivity contribution in [3.8, 4) is 11.8 Å². The number of allylic oxidation sites excluding steroid dienone is 2. The standard InChI is InChI=1S/C53H70O8/c1-47-18-6-5-14-43(58)53(50(31-47)19-7-8-20-50)38(28-47)37-27-40(56)46-51(48(37,2)29-44(53)59)21-15-33-25-35-32(11-9-12-34(35)39(55)13-10-24-61-4)26-36(33)52(46)23-17-42(57)49(3,45(60)30-54)41(52)16-22-51/h9,11-12,25-27,33,36,38,41-46,54,57-60H,6-8,10,13,15-24,28-31H2,1-4H3. The molecule has 10 aliphatic carbocycles. The minimum atomic E-state index is -1.17. The fourth-order valence-electron chi connectivity index (χ4n) is 18.4. The maximum atomic E-state index is 16.1. The average molecular weight is 835 g/mol. The summed E-state index contributed by atoms with van der Waals surface area (Å²) in [6, 6.07) is 6.01. The summed E-state index contributed by atoms with van der Waals surface area (Å²) < 4.78 is 5.28. The lowest BCUT2D eigenvalue weighted by Crippen LogP contribution is -2.74. The maximum absolute atomic E-state index is 16.1. The van der Waals surface area contributed by atoms with Crippen LogP contribution in [0.2, 0.25) is 0 Å². The summed E-state index contributed by atoms with van der Waals surface area (Å²) in [6.07, 6.45) is 15.9. The Balaban J connectivity index is 1.19. The Morgan fingerprint density at radius 2 is 1.72 bits per heavy atom. The lowest BCUT2D eigenvalue weighted by Gasteiger charge is -2.75. The first-order valence-electron chi connectivity index (χ1n) is 24.0. The highest BCUT2D eigenvalue weighted by molar-refractivity contribution is 5.97. The number of fused-ring (bicyclic) bond motifs is 6. The van der Waals surface area contributed by atoms with Crippen molar-refractivity contribution in [3.05, 3.63) is 45.8 Å². The number of hydrogen-bond acceptors (Lipinski definition) is 8. The highest BCUT2D eigenvalue weighted by Crippen LogP contribution is 2.82. The van der Waals surface area contributed by atoms with Crippen molar-refractivity contribution < 1.29 is 39.9 Å². The van der Waals surface area contributed by atoms with Gasteiger partial charge in [-0.15, -0.1) is 5.92 Å². The van der Waals surface area contributed by atoms with Crippen LogP contribution in [0.5, 0.6) is 0 Å². The summed E-state index contributed by atoms with van der Waals surface area (Å²) in [5, 5.41) is 62.4. The van der Waals surface area contributed by atoms with Crippen molar-refractivity contribution in [2.75, 3.05) is 20.3 Å². The molecule has 5 N–H and O–H groups in total. The van der Waals surface area contributed by atoms with E-state index in [1.54, 1.807) is 7.11 Å². The first-order valence-corrected chi connectivity index (χ1v) is 24.0. The Morgan fingerprint density at radius 3 is 2.48 bits per heavy atom. The Labute approximate surface area is 362 Å². The molecule has 0 saturated heterocycles. The molecule has 3 spiro atoms. The Bertz CT molecular complexity index is 2210. The number of aliphatic hydroxyl groups excluding tert-OH is 5. The van der Waals surface area contributed by atoms with Gasteiger partial charge in [0.05, 0.1) is 24.9 Å². The lowest BCUT2D eigenvalue weighted by atomic mass is 9.29. The number of ether oxygens (including phenoxy) is 1. The molecule has 10 aliphatic rings. The molecular weight excluding hydrogens is 765 g/mol. The topological polar surface area (TPSA) is 145 Å². The van der Waals surface area contributed by atoms with Gasteiger partial charge in [0, 0.05) is 48.9 Å². The SMILES string of the molecule is COCCCC(=O)c1cccc2c1=CC1CCC34CCC5C(C)(C(O)CO)C(O)CCC5(C1C=2)C3C(=O)C=C1C2CC3(C)CCC#CC(O)C2(C(O)CC14C)C1(CCCC1)C3. The van der Waals surface area contributed by atoms with Crippen molar-refractivity contribution in [1.82, 2.24) is 0 Å². The molecule has 11 rings (SSSR count). The van der Waals surface area contributed by atoms with Crippen LogP contribution < -0.4 is 10.4 Å². The Hall–Kier alpha value is -2.64. The second-order valence-electron chi connectivity index (χ2n) is 22.7. The third kappa shape index (κ3) is 5.34. The van der Waals surface area contributed by atoms with Gasteiger partial charge in [0.1, 0.15) is 6.10 Å². The van der Waals surface area contributed by atoms with Gasteiger partial charge >= 0.3 is 0 Å². The van der Waals surface area contributed by atoms with E-state index in [2.05, 4.69) is 43.9 Å². The van der Waals surface area contributed by atoms with Crippen molar-refractivity contribution in [2.24, 2.45) is 67.5 Å². The molecule has 4 bridgehead atoms. The molecule has 15 atom stereocenters. The van der Waals surface area contributed by atoms with Gasteiger partial charge in [0.2, 0.25) is 0 Å². The molecule has 8 nitrogen and oxygen atoms in total. The fourth-order valence-corrected chi connectivity index (χ4v) is 18.4. The molecule has 1 aromatic rings. The van der Waals surface area contributed by atoms with E-state index in [9.17, 15) is 30.3 Å². The van der Waals surface area contributed by atoms with Crippen LogP contribution in [0.1, 0.15) is 140 Å². The van der Waals surface area contributed by atoms with E-state index in [0.717, 1.165) is 85.8 Å². The molecule has 0 aromatic heterocycles. The highest BCUT2D eigenvalue weighted by atomic mass is 16.5. The van der Waals surface area contributed by atoms with Crippen LogP contribution in [-0.4, -0.2) is 81.8 Å². The summed E-state index contributed by atoms with van der Waals surface area (Å²) in [6.45, 7) is 6.78. The van der Waals surface area contributed by atoms with Gasteiger partial charge in [0.25, 0.3) is 0 Å². The van der Waals surface area contributed by atoms with Crippen molar-refractivity contribution in [2.45, 2.75) is 154 Å². The van der Waals surface area contributed by atoms with E-state index >= 15 is 4.79 Å². The van der Waals surface area contributed by atoms with E-state index in [1.807, 2.05) is 25.1 Å². The molecule has 0 amide bonds. The van der Waals surface area contributed by atoms with E-state index in [0.29, 0.717) is 51.6 Å². The monoisotopic (exact) mass is 835 g/mol. The fraction of sp³-hybridized carbons (Fsp3) is 0.736. The van der Waals surface area contributed by atoms with E-state index < -0.39 is 64.0 Å². The van der Waals surface area contributed by atoms with Crippen LogP contribution in [0.4, 0.5) is 0 Å². The first kappa shape index (κ1) is 42.3. The molecule has 330 valence electrons. The normalized spacial score (nSPS) is 46.7. The lowest BCUT2D eigenvalue weighted by molar-refractivity contribution is -0.266. The second-order valence-corrected chi connectivity index (χ2v) is 22.7. The maximum Gasteiger partial charge on any atom is 0.163 e. The smallest absolute Gasteiger partial charge is 0.163 e. The minimum Gasteiger partial charge on any atom is -0.394 e. The zero-order valence-corrected chi connectivity index (χ0v) is 37.1. The summed E-state index contributed by atoms with van der Waals surface area (Å²) in [4.78, 5) is 30.0. The van der Waals surface area contributed by atoms with Gasteiger partial charge in [-0.25, -0.2) is 0 Å². The average Bonchev–Trinajstić information content (AvgIpc) is 3.70. The first-order chi connectivity index (χ1) is 29.1. The molecule has 0 heterocycles. The Morgan fingerprint density at radius 1 is 0.951 bits per heavy atom. The summed E-state index contributed by atoms with van der Waals surface area (Å²) in [7, 11) is 1.65. The van der Waals surface area contributed by atoms with Crippen LogP contribution in [0.15, 0.2) is 29.8 Å². The van der Waals surface area contributed by atoms with Crippen LogP contribution in [0.25, 0.3) is 12.2 Å². The summed E-state index contributed by atoms with van der Waals surface area (Å²) in [5.74, 6) is 5.88. The van der Waals surface area contributed by atoms with Crippen molar-refractivity contribution in [3.63, 3.8) is 0 Å². The van der Waals surface area contributed by atoms with Gasteiger partial charge in [-0.2, -0.15) is 0 Å². The quantitative estimate of drug-likeness (QED) is 0.132. The molecule has 1 aromatic carbocycles. The van der Waals surface area contributed by atoms with Crippen molar-refractivity contribution in [1.29, 1.82) is 0 Å². The molecular formula is C53H70O8. The number of Topliss-reactive ketones (excluding diaryl/α,β-unsaturated/α-hetero) is 1. The minimum absolute atomic E-state index is 0.00680. The number of hydrogen-bond donors (Lipinski definition) is 5. The third-order valence-electron chi connectivity index (χ3n) is 20.7. The molecule has 6 saturated carbocycles. The molecule has 15 unspecified atom stereocenters. The van der Waals surface area contributed by atoms with Gasteiger partial charge in [-0.1, -0.05) is 75.5 Å². The van der Waals surface area contributed by atoms with Gasteiger partial charge in [0.15, 0.2) is 11.6 Å². The largest absolute Gasteiger partial charge is 0.394 e. The zero-order chi connectivity index (χ0) is 43.0. The van der Waals surface area contributed by atoms with Gasteiger partial charge in [-0.05, 0) is 151 Å². The number of carbonyl (C=O) groups excluding carboxylic acids is 2. The van der Waals surface area contributed by atoms with Gasteiger partial charge < -0.3 is 30.3 Å². The number of methoxy groups -OCH3 is 1. The van der Waals surface area contributed by atoms with Crippen LogP contribution in [0, 0.1) is 79.3 Å². The van der Waals surface area contributed by atoms with Crippen molar-refractivity contribution >= 4 is 23.7 Å². The van der Waals surface area contributed by atoms with Crippen LogP contribution >= 0.6 is 0 Å². The van der Waals surface area contributed by atoms with E-state index in [4.69, 9.17) is 4.74 Å². The molecule has 0 radical (unpaired) electrons. The summed E-state index contributed by atoms with van der Waals surface area (Å²) >= 11 is 0. The second kappa shape index (κ2) is 14.4. The van der Waals surface area contributed by atoms with E-state index in [-0.39, 0.29) is 46.1 Å². The zero-order valence-electron chi connectivity index (χ0n) is 37.1. The molecule has 6 fully saturated rings. The van der Waals surface area contributed by atoms with E-state index in [1.165, 1.54) is 0 Å². The molecule has 0 aliphatic heterocycles. The number of aliphatic hydroxyl groups is 5. The predicted octanol–water partition coefficient (Wildman–Crippen LogP) is 5.81. The highest BCUT2D eigenvalue weighted by Gasteiger charge is 2.79. The number of rotatable bonds is 7. The number of ketones is 2. The number of benzene rings is 1. The van der Waals surface area contributed by atoms with Crippen LogP contribution in [-0.2, 0) is 9.53 Å². The Kier molecular flexibility index (Phi) is 10.0. The number of carbonyl (C=O) groups is 2. The molecule has 61 heavy (non-hydrogen) atoms. The van der Waals surface area contributed by atoms with Gasteiger partial charge in [-0.3, -0.25) is 9.59 Å². The molecule has 8 heteroatoms. The van der Waals surface area contributed by atoms with Crippen LogP contribution in [0.3, 0.4) is 0 Å². The summed E-state index contributed by atoms with van der Waals surface area (Å²) in [5.41, 5.74) is -2.16. The predicted molar refractivity (Wildman–Crippen MR) is 233 cm³/mol.